The Morgan fingerprint density at radius 1 is 0.892 bits per heavy atom. The second-order valence-corrected chi connectivity index (χ2v) is 11.9. The average molecular weight is 538 g/mol. The Balaban J connectivity index is 1.34. The van der Waals surface area contributed by atoms with Gasteiger partial charge >= 0.3 is 6.18 Å². The number of amides is 1. The van der Waals surface area contributed by atoms with Crippen molar-refractivity contribution in [2.75, 3.05) is 49.6 Å². The monoisotopic (exact) mass is 537 g/mol. The van der Waals surface area contributed by atoms with Gasteiger partial charge in [-0.1, -0.05) is 0 Å². The molecule has 0 N–H and O–H groups in total. The first-order valence-corrected chi connectivity index (χ1v) is 13.9. The number of nitrogens with zero attached hydrogens (tertiary/aromatic N) is 3. The summed E-state index contributed by atoms with van der Waals surface area (Å²) in [4.78, 5) is 16.9. The largest absolute Gasteiger partial charge is 0.497 e. The van der Waals surface area contributed by atoms with Crippen LogP contribution in [0.5, 0.6) is 5.75 Å². The van der Waals surface area contributed by atoms with Crippen molar-refractivity contribution in [1.29, 1.82) is 0 Å². The van der Waals surface area contributed by atoms with E-state index >= 15 is 0 Å². The van der Waals surface area contributed by atoms with Crippen molar-refractivity contribution in [2.45, 2.75) is 43.2 Å². The van der Waals surface area contributed by atoms with E-state index in [2.05, 4.69) is 0 Å². The van der Waals surface area contributed by atoms with E-state index in [0.717, 1.165) is 32.0 Å². The number of carbonyl (C=O) groups excluding carboxylic acids is 1. The molecular weight excluding hydrogens is 507 g/mol. The Hall–Kier alpha value is -2.79. The van der Waals surface area contributed by atoms with Gasteiger partial charge < -0.3 is 14.5 Å². The van der Waals surface area contributed by atoms with Crippen molar-refractivity contribution in [1.82, 2.24) is 4.31 Å². The average Bonchev–Trinajstić information content (AvgIpc) is 3.53. The van der Waals surface area contributed by atoms with Crippen LogP contribution in [-0.4, -0.2) is 58.5 Å². The van der Waals surface area contributed by atoms with Crippen LogP contribution in [0.2, 0.25) is 0 Å². The molecule has 5 rings (SSSR count). The summed E-state index contributed by atoms with van der Waals surface area (Å²) in [5.74, 6) is 0.188. The Labute approximate surface area is 214 Å². The zero-order valence-corrected chi connectivity index (χ0v) is 21.4. The summed E-state index contributed by atoms with van der Waals surface area (Å²) in [6.07, 6.45) is -1.77. The Bertz CT molecular complexity index is 1270. The number of hydrogen-bond donors (Lipinski definition) is 0. The van der Waals surface area contributed by atoms with E-state index in [-0.39, 0.29) is 49.0 Å². The van der Waals surface area contributed by atoms with Gasteiger partial charge in [0.15, 0.2) is 0 Å². The molecule has 1 spiro atoms. The highest BCUT2D eigenvalue weighted by Gasteiger charge is 2.51. The van der Waals surface area contributed by atoms with Crippen molar-refractivity contribution in [3.05, 3.63) is 48.0 Å². The summed E-state index contributed by atoms with van der Waals surface area (Å²) in [5, 5.41) is 0. The van der Waals surface area contributed by atoms with Crippen molar-refractivity contribution in [3.8, 4) is 5.75 Å². The van der Waals surface area contributed by atoms with Gasteiger partial charge in [-0.25, -0.2) is 8.42 Å². The quantitative estimate of drug-likeness (QED) is 0.561. The van der Waals surface area contributed by atoms with Gasteiger partial charge in [-0.15, -0.1) is 0 Å². The van der Waals surface area contributed by atoms with Gasteiger partial charge in [0.25, 0.3) is 0 Å². The topological polar surface area (TPSA) is 70.2 Å². The van der Waals surface area contributed by atoms with Gasteiger partial charge in [-0.3, -0.25) is 4.79 Å². The zero-order chi connectivity index (χ0) is 26.4. The van der Waals surface area contributed by atoms with Crippen LogP contribution >= 0.6 is 0 Å². The predicted octanol–water partition coefficient (Wildman–Crippen LogP) is 4.52. The van der Waals surface area contributed by atoms with Crippen molar-refractivity contribution in [2.24, 2.45) is 5.41 Å². The third-order valence-electron chi connectivity index (χ3n) is 7.94. The SMILES string of the molecule is COc1ccc(S(=O)(=O)N2CCC3(CCN(c4ccc(N5CCCC5)cc4C(F)(F)F)C3=O)CC2)cc1. The highest BCUT2D eigenvalue weighted by Crippen LogP contribution is 2.47. The van der Waals surface area contributed by atoms with E-state index in [0.29, 0.717) is 17.9 Å². The van der Waals surface area contributed by atoms with Crippen LogP contribution in [0.4, 0.5) is 24.5 Å². The van der Waals surface area contributed by atoms with Crippen LogP contribution in [0.15, 0.2) is 47.4 Å². The number of benzene rings is 2. The first kappa shape index (κ1) is 25.8. The molecule has 0 unspecified atom stereocenters. The minimum Gasteiger partial charge on any atom is -0.497 e. The zero-order valence-electron chi connectivity index (χ0n) is 20.6. The molecule has 1 amide bonds. The first-order chi connectivity index (χ1) is 17.5. The maximum Gasteiger partial charge on any atom is 0.418 e. The van der Waals surface area contributed by atoms with E-state index < -0.39 is 27.2 Å². The minimum atomic E-state index is -4.60. The molecule has 0 radical (unpaired) electrons. The second kappa shape index (κ2) is 9.50. The van der Waals surface area contributed by atoms with E-state index in [4.69, 9.17) is 4.74 Å². The first-order valence-electron chi connectivity index (χ1n) is 12.5. The predicted molar refractivity (Wildman–Crippen MR) is 133 cm³/mol. The summed E-state index contributed by atoms with van der Waals surface area (Å²) < 4.78 is 74.9. The van der Waals surface area contributed by atoms with Crippen LogP contribution < -0.4 is 14.5 Å². The molecule has 3 fully saturated rings. The highest BCUT2D eigenvalue weighted by molar-refractivity contribution is 7.89. The number of carbonyl (C=O) groups is 1. The molecule has 3 heterocycles. The smallest absolute Gasteiger partial charge is 0.418 e. The normalized spacial score (nSPS) is 20.7. The van der Waals surface area contributed by atoms with Gasteiger partial charge in [-0.2, -0.15) is 17.5 Å². The molecule has 7 nitrogen and oxygen atoms in total. The van der Waals surface area contributed by atoms with Crippen molar-refractivity contribution in [3.63, 3.8) is 0 Å². The van der Waals surface area contributed by atoms with E-state index in [9.17, 15) is 26.4 Å². The van der Waals surface area contributed by atoms with E-state index in [1.807, 2.05) is 4.90 Å². The van der Waals surface area contributed by atoms with Gasteiger partial charge in [-0.05, 0) is 74.6 Å². The lowest BCUT2D eigenvalue weighted by Crippen LogP contribution is -2.46. The van der Waals surface area contributed by atoms with E-state index in [1.54, 1.807) is 18.2 Å². The van der Waals surface area contributed by atoms with Crippen LogP contribution in [0, 0.1) is 5.41 Å². The number of piperidine rings is 1. The number of rotatable bonds is 5. The molecule has 0 saturated carbocycles. The summed E-state index contributed by atoms with van der Waals surface area (Å²) in [6.45, 7) is 1.88. The van der Waals surface area contributed by atoms with Gasteiger partial charge in [0.05, 0.1) is 28.7 Å². The van der Waals surface area contributed by atoms with Crippen molar-refractivity contribution >= 4 is 27.3 Å². The molecule has 200 valence electrons. The molecule has 2 aromatic rings. The second-order valence-electron chi connectivity index (χ2n) is 9.96. The number of anilines is 2. The molecule has 11 heteroatoms. The summed E-state index contributed by atoms with van der Waals surface area (Å²) in [7, 11) is -2.26. The lowest BCUT2D eigenvalue weighted by Gasteiger charge is -2.37. The molecule has 37 heavy (non-hydrogen) atoms. The van der Waals surface area contributed by atoms with Crippen LogP contribution in [-0.2, 0) is 21.0 Å². The third-order valence-corrected chi connectivity index (χ3v) is 9.85. The van der Waals surface area contributed by atoms with E-state index in [1.165, 1.54) is 34.5 Å². The molecule has 2 aromatic carbocycles. The molecule has 3 aliphatic rings. The Morgan fingerprint density at radius 3 is 2.11 bits per heavy atom. The van der Waals surface area contributed by atoms with Gasteiger partial charge in [0.1, 0.15) is 5.75 Å². The summed E-state index contributed by atoms with van der Waals surface area (Å²) in [5.41, 5.74) is -1.26. The molecule has 3 saturated heterocycles. The molecule has 0 atom stereocenters. The lowest BCUT2D eigenvalue weighted by molar-refractivity contribution is -0.137. The third kappa shape index (κ3) is 4.67. The van der Waals surface area contributed by atoms with Crippen molar-refractivity contribution < 1.29 is 31.1 Å². The fraction of sp³-hybridized carbons (Fsp3) is 0.500. The Morgan fingerprint density at radius 2 is 1.51 bits per heavy atom. The van der Waals surface area contributed by atoms with Crippen LogP contribution in [0.3, 0.4) is 0 Å². The molecule has 0 aromatic heterocycles. The number of halogens is 3. The number of alkyl halides is 3. The highest BCUT2D eigenvalue weighted by atomic mass is 32.2. The molecular formula is C26H30F3N3O4S. The summed E-state index contributed by atoms with van der Waals surface area (Å²) >= 11 is 0. The van der Waals surface area contributed by atoms with Gasteiger partial charge in [0.2, 0.25) is 15.9 Å². The summed E-state index contributed by atoms with van der Waals surface area (Å²) in [6, 6.07) is 10.3. The molecule has 3 aliphatic heterocycles. The fourth-order valence-electron chi connectivity index (χ4n) is 5.72. The number of ether oxygens (including phenoxy) is 1. The maximum absolute atomic E-state index is 14.1. The molecule has 0 bridgehead atoms. The standard InChI is InChI=1S/C26H30F3N3O4S/c1-36-20-5-7-21(8-6-20)37(34,35)31-15-10-25(11-16-31)12-17-32(24(25)33)23-9-4-19(30-13-2-3-14-30)18-22(23)26(27,28)29/h4-9,18H,2-3,10-17H2,1H3. The lowest BCUT2D eigenvalue weighted by atomic mass is 9.77. The Kier molecular flexibility index (Phi) is 6.64. The minimum absolute atomic E-state index is 0.120. The number of hydrogen-bond acceptors (Lipinski definition) is 5. The fourth-order valence-corrected chi connectivity index (χ4v) is 7.17. The maximum atomic E-state index is 14.1. The number of sulfonamides is 1. The molecule has 0 aliphatic carbocycles. The van der Waals surface area contributed by atoms with Crippen LogP contribution in [0.25, 0.3) is 0 Å². The van der Waals surface area contributed by atoms with Gasteiger partial charge in [0, 0.05) is 38.4 Å². The van der Waals surface area contributed by atoms with Crippen LogP contribution in [0.1, 0.15) is 37.7 Å². The number of methoxy groups -OCH3 is 1.